The largest absolute Gasteiger partial charge is 0.396 e. The fraction of sp³-hybridized carbons (Fsp3) is 0.625. The predicted molar refractivity (Wildman–Crippen MR) is 87.4 cm³/mol. The summed E-state index contributed by atoms with van der Waals surface area (Å²) in [7, 11) is 0. The Morgan fingerprint density at radius 1 is 1.40 bits per heavy atom. The van der Waals surface area contributed by atoms with E-state index in [1.54, 1.807) is 0 Å². The lowest BCUT2D eigenvalue weighted by atomic mass is 9.97. The number of hydrogen-bond donors (Lipinski definition) is 2. The molecule has 0 amide bonds. The number of piperidine rings is 1. The van der Waals surface area contributed by atoms with Crippen molar-refractivity contribution in [2.75, 3.05) is 23.8 Å². The molecule has 1 fully saturated rings. The first-order valence-electron chi connectivity index (χ1n) is 7.64. The number of benzene rings is 1. The topological polar surface area (TPSA) is 49.5 Å². The number of nitrogens with two attached hydrogens (primary N) is 1. The maximum Gasteiger partial charge on any atom is 0.0450 e. The minimum absolute atomic E-state index is 0.266. The Kier molecular flexibility index (Phi) is 6.20. The maximum atomic E-state index is 9.29. The first-order valence-corrected chi connectivity index (χ1v) is 8.62. The van der Waals surface area contributed by atoms with Crippen LogP contribution >= 0.6 is 11.8 Å². The highest BCUT2D eigenvalue weighted by Crippen LogP contribution is 2.34. The zero-order chi connectivity index (χ0) is 14.4. The van der Waals surface area contributed by atoms with Crippen molar-refractivity contribution in [3.63, 3.8) is 0 Å². The van der Waals surface area contributed by atoms with Gasteiger partial charge in [-0.3, -0.25) is 0 Å². The molecule has 1 atom stereocenters. The predicted octanol–water partition coefficient (Wildman–Crippen LogP) is 3.00. The van der Waals surface area contributed by atoms with Gasteiger partial charge in [0.2, 0.25) is 0 Å². The van der Waals surface area contributed by atoms with Gasteiger partial charge in [-0.25, -0.2) is 0 Å². The second kappa shape index (κ2) is 7.91. The van der Waals surface area contributed by atoms with Crippen molar-refractivity contribution in [3.05, 3.63) is 23.8 Å². The smallest absolute Gasteiger partial charge is 0.0450 e. The number of rotatable bonds is 6. The maximum absolute atomic E-state index is 9.29. The molecule has 0 aromatic heterocycles. The van der Waals surface area contributed by atoms with Crippen LogP contribution in [0, 0.1) is 0 Å². The van der Waals surface area contributed by atoms with Gasteiger partial charge in [0.1, 0.15) is 0 Å². The Morgan fingerprint density at radius 3 is 2.95 bits per heavy atom. The van der Waals surface area contributed by atoms with Gasteiger partial charge >= 0.3 is 0 Å². The summed E-state index contributed by atoms with van der Waals surface area (Å²) in [6.07, 6.45) is 4.53. The van der Waals surface area contributed by atoms with E-state index in [0.717, 1.165) is 18.7 Å². The van der Waals surface area contributed by atoms with Crippen LogP contribution in [0.1, 0.15) is 38.2 Å². The lowest BCUT2D eigenvalue weighted by Crippen LogP contribution is -2.40. The zero-order valence-corrected chi connectivity index (χ0v) is 13.2. The summed E-state index contributed by atoms with van der Waals surface area (Å²) in [4.78, 5) is 3.78. The van der Waals surface area contributed by atoms with E-state index in [-0.39, 0.29) is 6.61 Å². The third-order valence-electron chi connectivity index (χ3n) is 4.01. The number of aliphatic hydroxyl groups excluding tert-OH is 1. The van der Waals surface area contributed by atoms with Crippen LogP contribution in [-0.4, -0.2) is 30.1 Å². The summed E-state index contributed by atoms with van der Waals surface area (Å²) in [6, 6.07) is 6.96. The van der Waals surface area contributed by atoms with Gasteiger partial charge < -0.3 is 15.7 Å². The molecule has 0 bridgehead atoms. The van der Waals surface area contributed by atoms with Crippen molar-refractivity contribution in [2.24, 2.45) is 5.73 Å². The number of hydrogen-bond acceptors (Lipinski definition) is 4. The van der Waals surface area contributed by atoms with E-state index >= 15 is 0 Å². The summed E-state index contributed by atoms with van der Waals surface area (Å²) < 4.78 is 0. The highest BCUT2D eigenvalue weighted by molar-refractivity contribution is 7.99. The van der Waals surface area contributed by atoms with E-state index in [9.17, 15) is 5.11 Å². The molecule has 0 aliphatic carbocycles. The van der Waals surface area contributed by atoms with Crippen LogP contribution in [0.15, 0.2) is 23.1 Å². The average molecular weight is 294 g/mol. The van der Waals surface area contributed by atoms with Gasteiger partial charge in [-0.05, 0) is 43.6 Å². The zero-order valence-electron chi connectivity index (χ0n) is 12.3. The first kappa shape index (κ1) is 15.7. The van der Waals surface area contributed by atoms with Crippen molar-refractivity contribution in [1.82, 2.24) is 0 Å². The minimum Gasteiger partial charge on any atom is -0.396 e. The van der Waals surface area contributed by atoms with Gasteiger partial charge in [0.25, 0.3) is 0 Å². The standard InChI is InChI=1S/C16H26N2OS/c1-2-20-16-8-5-7-15(14(16)12-17)18-10-4-3-6-13(18)9-11-19/h5,7-8,13,19H,2-4,6,9-12,17H2,1H3. The highest BCUT2D eigenvalue weighted by Gasteiger charge is 2.24. The molecule has 2 rings (SSSR count). The molecule has 0 saturated carbocycles. The second-order valence-electron chi connectivity index (χ2n) is 5.25. The van der Waals surface area contributed by atoms with Crippen LogP contribution < -0.4 is 10.6 Å². The van der Waals surface area contributed by atoms with Gasteiger partial charge in [-0.15, -0.1) is 11.8 Å². The van der Waals surface area contributed by atoms with E-state index in [2.05, 4.69) is 30.0 Å². The van der Waals surface area contributed by atoms with Crippen LogP contribution in [0.25, 0.3) is 0 Å². The Labute approximate surface area is 126 Å². The van der Waals surface area contributed by atoms with Crippen molar-refractivity contribution in [2.45, 2.75) is 50.1 Å². The molecular formula is C16H26N2OS. The number of anilines is 1. The highest BCUT2D eigenvalue weighted by atomic mass is 32.2. The molecule has 1 aromatic carbocycles. The molecule has 3 N–H and O–H groups in total. The summed E-state index contributed by atoms with van der Waals surface area (Å²) in [6.45, 7) is 4.11. The molecular weight excluding hydrogens is 268 g/mol. The van der Waals surface area contributed by atoms with Crippen LogP contribution in [-0.2, 0) is 6.54 Å². The molecule has 0 radical (unpaired) electrons. The van der Waals surface area contributed by atoms with E-state index in [4.69, 9.17) is 5.73 Å². The molecule has 20 heavy (non-hydrogen) atoms. The van der Waals surface area contributed by atoms with Crippen LogP contribution in [0.5, 0.6) is 0 Å². The Balaban J connectivity index is 2.31. The first-order chi connectivity index (χ1) is 9.81. The number of thioether (sulfide) groups is 1. The number of aliphatic hydroxyl groups is 1. The third kappa shape index (κ3) is 3.48. The fourth-order valence-corrected chi connectivity index (χ4v) is 3.93. The average Bonchev–Trinajstić information content (AvgIpc) is 2.48. The van der Waals surface area contributed by atoms with Crippen LogP contribution in [0.2, 0.25) is 0 Å². The monoisotopic (exact) mass is 294 g/mol. The Morgan fingerprint density at radius 2 is 2.25 bits per heavy atom. The van der Waals surface area contributed by atoms with E-state index < -0.39 is 0 Å². The van der Waals surface area contributed by atoms with E-state index in [0.29, 0.717) is 12.6 Å². The lowest BCUT2D eigenvalue weighted by Gasteiger charge is -2.39. The van der Waals surface area contributed by atoms with Gasteiger partial charge in [-0.2, -0.15) is 0 Å². The summed E-state index contributed by atoms with van der Waals surface area (Å²) in [5.41, 5.74) is 8.57. The third-order valence-corrected chi connectivity index (χ3v) is 4.99. The normalized spacial score (nSPS) is 19.4. The molecule has 1 aliphatic rings. The van der Waals surface area contributed by atoms with Crippen molar-refractivity contribution < 1.29 is 5.11 Å². The molecule has 1 aromatic rings. The molecule has 3 nitrogen and oxygen atoms in total. The quantitative estimate of drug-likeness (QED) is 0.792. The summed E-state index contributed by atoms with van der Waals surface area (Å²) in [5.74, 6) is 1.07. The van der Waals surface area contributed by atoms with E-state index in [1.807, 2.05) is 11.8 Å². The summed E-state index contributed by atoms with van der Waals surface area (Å²) in [5, 5.41) is 9.29. The Hall–Kier alpha value is -0.710. The van der Waals surface area contributed by atoms with E-state index in [1.165, 1.54) is 35.4 Å². The fourth-order valence-electron chi connectivity index (χ4n) is 3.09. The van der Waals surface area contributed by atoms with Gasteiger partial charge in [-0.1, -0.05) is 13.0 Å². The molecule has 1 unspecified atom stereocenters. The van der Waals surface area contributed by atoms with Crippen LogP contribution in [0.4, 0.5) is 5.69 Å². The van der Waals surface area contributed by atoms with Gasteiger partial charge in [0, 0.05) is 41.9 Å². The van der Waals surface area contributed by atoms with Crippen LogP contribution in [0.3, 0.4) is 0 Å². The Bertz CT molecular complexity index is 423. The van der Waals surface area contributed by atoms with Crippen molar-refractivity contribution in [1.29, 1.82) is 0 Å². The molecule has 1 saturated heterocycles. The van der Waals surface area contributed by atoms with Gasteiger partial charge in [0.15, 0.2) is 0 Å². The lowest BCUT2D eigenvalue weighted by molar-refractivity contribution is 0.262. The van der Waals surface area contributed by atoms with Gasteiger partial charge in [0.05, 0.1) is 0 Å². The van der Waals surface area contributed by atoms with Crippen molar-refractivity contribution >= 4 is 17.4 Å². The minimum atomic E-state index is 0.266. The summed E-state index contributed by atoms with van der Waals surface area (Å²) >= 11 is 1.86. The molecule has 1 aliphatic heterocycles. The second-order valence-corrected chi connectivity index (χ2v) is 6.55. The molecule has 112 valence electrons. The molecule has 0 spiro atoms. The molecule has 4 heteroatoms. The molecule has 1 heterocycles. The number of nitrogens with zero attached hydrogens (tertiary/aromatic N) is 1. The SMILES string of the molecule is CCSc1cccc(N2CCCCC2CCO)c1CN. The van der Waals surface area contributed by atoms with Crippen molar-refractivity contribution in [3.8, 4) is 0 Å².